The highest BCUT2D eigenvalue weighted by atomic mass is 31.0. The second-order valence-corrected chi connectivity index (χ2v) is 6.72. The van der Waals surface area contributed by atoms with Crippen LogP contribution in [0.25, 0.3) is 21.9 Å². The highest BCUT2D eigenvalue weighted by Crippen LogP contribution is 2.28. The van der Waals surface area contributed by atoms with Crippen LogP contribution in [0.3, 0.4) is 0 Å². The van der Waals surface area contributed by atoms with Crippen LogP contribution in [0.5, 0.6) is 0 Å². The summed E-state index contributed by atoms with van der Waals surface area (Å²) in [6.07, 6.45) is 3.02. The van der Waals surface area contributed by atoms with Crippen LogP contribution in [0, 0.1) is 0 Å². The Bertz CT molecular complexity index is 809. The summed E-state index contributed by atoms with van der Waals surface area (Å²) in [5, 5.41) is 2.62. The lowest BCUT2D eigenvalue weighted by atomic mass is 9.97. The maximum atomic E-state index is 2.84. The molecule has 3 rings (SSSR count). The third-order valence-corrected chi connectivity index (χ3v) is 5.47. The van der Waals surface area contributed by atoms with Crippen molar-refractivity contribution in [3.63, 3.8) is 0 Å². The molecule has 0 nitrogen and oxygen atoms in total. The van der Waals surface area contributed by atoms with Crippen LogP contribution >= 0.6 is 27.7 Å². The Morgan fingerprint density at radius 1 is 0.545 bits per heavy atom. The van der Waals surface area contributed by atoms with Crippen molar-refractivity contribution in [2.75, 3.05) is 0 Å². The Hall–Kier alpha value is -0.790. The maximum absolute atomic E-state index is 2.84. The average Bonchev–Trinajstić information content (AvgIpc) is 2.60. The van der Waals surface area contributed by atoms with E-state index in [1.807, 2.05) is 0 Å². The van der Waals surface area contributed by atoms with Crippen molar-refractivity contribution in [3.05, 3.63) is 71.3 Å². The molecule has 0 spiro atoms. The minimum absolute atomic E-state index is 1.00. The summed E-state index contributed by atoms with van der Waals surface area (Å²) in [5.74, 6) is 0. The molecule has 112 valence electrons. The minimum atomic E-state index is 1.00. The number of rotatable bonds is 4. The van der Waals surface area contributed by atoms with E-state index in [9.17, 15) is 0 Å². The van der Waals surface area contributed by atoms with Crippen molar-refractivity contribution in [1.29, 1.82) is 0 Å². The number of hydrogen-bond donors (Lipinski definition) is 0. The zero-order valence-corrected chi connectivity index (χ0v) is 16.0. The molecule has 3 heteroatoms. The van der Waals surface area contributed by atoms with Crippen LogP contribution in [0.15, 0.2) is 54.6 Å². The summed E-state index contributed by atoms with van der Waals surface area (Å²) >= 11 is 0. The van der Waals surface area contributed by atoms with Gasteiger partial charge in [-0.25, -0.2) is 0 Å². The van der Waals surface area contributed by atoms with Gasteiger partial charge in [0.2, 0.25) is 0 Å². The Morgan fingerprint density at radius 3 is 1.91 bits per heavy atom. The van der Waals surface area contributed by atoms with Gasteiger partial charge < -0.3 is 0 Å². The second-order valence-electron chi connectivity index (χ2n) is 5.49. The molecule has 0 aromatic heterocycles. The number of hydrogen-bond acceptors (Lipinski definition) is 0. The van der Waals surface area contributed by atoms with Crippen molar-refractivity contribution in [2.24, 2.45) is 0 Å². The van der Waals surface area contributed by atoms with E-state index in [0.717, 1.165) is 18.5 Å². The summed E-state index contributed by atoms with van der Waals surface area (Å²) < 4.78 is 0. The predicted octanol–water partition coefficient (Wildman–Crippen LogP) is 5.63. The van der Waals surface area contributed by atoms with Crippen LogP contribution in [0.4, 0.5) is 0 Å². The minimum Gasteiger partial charge on any atom is -0.133 e. The first-order chi connectivity index (χ1) is 10.7. The van der Waals surface area contributed by atoms with Crippen molar-refractivity contribution < 1.29 is 0 Å². The van der Waals surface area contributed by atoms with Gasteiger partial charge in [0.15, 0.2) is 0 Å². The summed E-state index contributed by atoms with van der Waals surface area (Å²) in [6.45, 7) is 0. The normalized spacial score (nSPS) is 11.0. The first-order valence-corrected chi connectivity index (χ1v) is 9.95. The van der Waals surface area contributed by atoms with E-state index in [1.165, 1.54) is 38.6 Å². The molecule has 0 saturated heterocycles. The van der Waals surface area contributed by atoms with Gasteiger partial charge in [-0.3, -0.25) is 0 Å². The monoisotopic (exact) mass is 342 g/mol. The zero-order chi connectivity index (χ0) is 15.5. The second kappa shape index (κ2) is 7.19. The van der Waals surface area contributed by atoms with Gasteiger partial charge in [-0.15, -0.1) is 27.7 Å². The fourth-order valence-corrected chi connectivity index (χ4v) is 3.83. The van der Waals surface area contributed by atoms with E-state index in [0.29, 0.717) is 0 Å². The Labute approximate surface area is 139 Å². The molecule has 22 heavy (non-hydrogen) atoms. The van der Waals surface area contributed by atoms with Crippen LogP contribution < -0.4 is 0 Å². The zero-order valence-electron chi connectivity index (χ0n) is 12.5. The average molecular weight is 342 g/mol. The molecular formula is C19H21P3. The van der Waals surface area contributed by atoms with Gasteiger partial charge in [-0.05, 0) is 63.1 Å². The predicted molar refractivity (Wildman–Crippen MR) is 110 cm³/mol. The van der Waals surface area contributed by atoms with E-state index in [-0.39, 0.29) is 0 Å². The molecule has 0 heterocycles. The standard InChI is InChI=1S/C19H21P3/c20-10-13-1-2-15-8-16(4-3-14(15)7-13)17-5-6-18(11-21)19(9-17)12-22/h1-9H,10-12,20-22H2. The van der Waals surface area contributed by atoms with E-state index < -0.39 is 0 Å². The van der Waals surface area contributed by atoms with Crippen molar-refractivity contribution in [3.8, 4) is 11.1 Å². The topological polar surface area (TPSA) is 0 Å². The molecule has 0 bridgehead atoms. The lowest BCUT2D eigenvalue weighted by Crippen LogP contribution is -1.89. The molecular weight excluding hydrogens is 321 g/mol. The molecule has 3 aromatic rings. The molecule has 3 aromatic carbocycles. The Morgan fingerprint density at radius 2 is 1.18 bits per heavy atom. The molecule has 0 saturated carbocycles. The van der Waals surface area contributed by atoms with Crippen LogP contribution in [0.2, 0.25) is 0 Å². The van der Waals surface area contributed by atoms with Gasteiger partial charge in [0.1, 0.15) is 0 Å². The van der Waals surface area contributed by atoms with Crippen molar-refractivity contribution in [2.45, 2.75) is 18.5 Å². The molecule has 3 unspecified atom stereocenters. The molecule has 0 radical (unpaired) electrons. The van der Waals surface area contributed by atoms with E-state index in [2.05, 4.69) is 82.3 Å². The summed E-state index contributed by atoms with van der Waals surface area (Å²) in [5.41, 5.74) is 6.78. The molecule has 0 aliphatic carbocycles. The molecule has 0 amide bonds. The molecule has 0 fully saturated rings. The number of fused-ring (bicyclic) bond motifs is 1. The fraction of sp³-hybridized carbons (Fsp3) is 0.158. The third-order valence-electron chi connectivity index (χ3n) is 4.12. The van der Waals surface area contributed by atoms with E-state index in [4.69, 9.17) is 0 Å². The highest BCUT2D eigenvalue weighted by Gasteiger charge is 2.04. The largest absolute Gasteiger partial charge is 0.133 e. The van der Waals surface area contributed by atoms with Crippen molar-refractivity contribution in [1.82, 2.24) is 0 Å². The third kappa shape index (κ3) is 3.26. The molecule has 0 N–H and O–H groups in total. The van der Waals surface area contributed by atoms with Gasteiger partial charge >= 0.3 is 0 Å². The van der Waals surface area contributed by atoms with Gasteiger partial charge in [0, 0.05) is 0 Å². The Kier molecular flexibility index (Phi) is 5.25. The highest BCUT2D eigenvalue weighted by molar-refractivity contribution is 7.16. The van der Waals surface area contributed by atoms with Gasteiger partial charge in [0.05, 0.1) is 0 Å². The fourth-order valence-electron chi connectivity index (χ4n) is 2.80. The quantitative estimate of drug-likeness (QED) is 0.539. The smallest absolute Gasteiger partial charge is 0.0125 e. The Balaban J connectivity index is 2.06. The molecule has 0 aliphatic rings. The van der Waals surface area contributed by atoms with Gasteiger partial charge in [0.25, 0.3) is 0 Å². The SMILES string of the molecule is PCc1ccc2cc(-c3ccc(CP)c(CP)c3)ccc2c1. The molecule has 3 atom stereocenters. The summed E-state index contributed by atoms with van der Waals surface area (Å²) in [6, 6.07) is 20.3. The van der Waals surface area contributed by atoms with Gasteiger partial charge in [-0.1, -0.05) is 48.5 Å². The van der Waals surface area contributed by atoms with Crippen LogP contribution in [-0.2, 0) is 18.5 Å². The van der Waals surface area contributed by atoms with Crippen LogP contribution in [-0.4, -0.2) is 0 Å². The summed E-state index contributed by atoms with van der Waals surface area (Å²) in [7, 11) is 8.44. The summed E-state index contributed by atoms with van der Waals surface area (Å²) in [4.78, 5) is 0. The first-order valence-electron chi connectivity index (χ1n) is 7.50. The van der Waals surface area contributed by atoms with Gasteiger partial charge in [-0.2, -0.15) is 0 Å². The lowest BCUT2D eigenvalue weighted by Gasteiger charge is -2.10. The van der Waals surface area contributed by atoms with E-state index in [1.54, 1.807) is 0 Å². The van der Waals surface area contributed by atoms with Crippen molar-refractivity contribution >= 4 is 38.5 Å². The first kappa shape index (κ1) is 16.1. The number of benzene rings is 3. The van der Waals surface area contributed by atoms with Crippen LogP contribution in [0.1, 0.15) is 16.7 Å². The van der Waals surface area contributed by atoms with E-state index >= 15 is 0 Å². The lowest BCUT2D eigenvalue weighted by molar-refractivity contribution is 1.28. The maximum Gasteiger partial charge on any atom is -0.0125 e. The molecule has 0 aliphatic heterocycles.